The highest BCUT2D eigenvalue weighted by molar-refractivity contribution is 6.30. The predicted octanol–water partition coefficient (Wildman–Crippen LogP) is 0.417. The summed E-state index contributed by atoms with van der Waals surface area (Å²) in [7, 11) is 0. The van der Waals surface area contributed by atoms with Crippen molar-refractivity contribution >= 4 is 17.4 Å². The number of aliphatic hydroxyl groups is 2. The van der Waals surface area contributed by atoms with Crippen molar-refractivity contribution < 1.29 is 10.2 Å². The number of rotatable bonds is 4. The maximum Gasteiger partial charge on any atom is 0.140 e. The minimum atomic E-state index is -1.40. The second kappa shape index (κ2) is 5.47. The molecule has 0 bridgehead atoms. The molecule has 1 aromatic heterocycles. The van der Waals surface area contributed by atoms with E-state index in [0.717, 1.165) is 6.33 Å². The molecule has 0 aliphatic rings. The SMILES string of the molecule is [N-]=[N+]=NCC(O)C(O)c1c(N)ncnc1Cl. The van der Waals surface area contributed by atoms with Crippen LogP contribution < -0.4 is 5.73 Å². The Balaban J connectivity index is 2.95. The van der Waals surface area contributed by atoms with Crippen molar-refractivity contribution in [1.29, 1.82) is 0 Å². The molecule has 1 aromatic rings. The Morgan fingerprint density at radius 1 is 1.56 bits per heavy atom. The number of nitrogens with two attached hydrogens (primary N) is 1. The fraction of sp³-hybridized carbons (Fsp3) is 0.429. The molecule has 0 aliphatic carbocycles. The highest BCUT2D eigenvalue weighted by atomic mass is 35.5. The Labute approximate surface area is 95.3 Å². The van der Waals surface area contributed by atoms with Crippen LogP contribution in [0.15, 0.2) is 11.4 Å². The summed E-state index contributed by atoms with van der Waals surface area (Å²) in [6.07, 6.45) is -1.59. The first-order valence-corrected chi connectivity index (χ1v) is 4.58. The van der Waals surface area contributed by atoms with Gasteiger partial charge in [-0.1, -0.05) is 16.7 Å². The first kappa shape index (κ1) is 12.5. The number of hydrogen-bond donors (Lipinski definition) is 3. The molecule has 0 aromatic carbocycles. The fourth-order valence-electron chi connectivity index (χ4n) is 1.07. The van der Waals surface area contributed by atoms with Gasteiger partial charge in [-0.3, -0.25) is 0 Å². The van der Waals surface area contributed by atoms with Gasteiger partial charge < -0.3 is 15.9 Å². The molecule has 2 atom stereocenters. The number of anilines is 1. The van der Waals surface area contributed by atoms with Crippen LogP contribution in [0.3, 0.4) is 0 Å². The molecule has 0 spiro atoms. The summed E-state index contributed by atoms with van der Waals surface area (Å²) in [5.41, 5.74) is 13.6. The van der Waals surface area contributed by atoms with E-state index < -0.39 is 12.2 Å². The number of hydrogen-bond acceptors (Lipinski definition) is 6. The number of aromatic nitrogens is 2. The maximum atomic E-state index is 9.70. The largest absolute Gasteiger partial charge is 0.390 e. The smallest absolute Gasteiger partial charge is 0.140 e. The Kier molecular flexibility index (Phi) is 4.27. The van der Waals surface area contributed by atoms with Crippen LogP contribution in [-0.4, -0.2) is 32.8 Å². The van der Waals surface area contributed by atoms with E-state index in [1.807, 2.05) is 0 Å². The Hall–Kier alpha value is -1.60. The van der Waals surface area contributed by atoms with Crippen LogP contribution in [0.5, 0.6) is 0 Å². The summed E-state index contributed by atoms with van der Waals surface area (Å²) in [6, 6.07) is 0. The second-order valence-electron chi connectivity index (χ2n) is 2.89. The molecule has 0 saturated carbocycles. The van der Waals surface area contributed by atoms with E-state index in [1.54, 1.807) is 0 Å². The van der Waals surface area contributed by atoms with Gasteiger partial charge >= 0.3 is 0 Å². The molecule has 86 valence electrons. The summed E-state index contributed by atoms with van der Waals surface area (Å²) in [5.74, 6) is -0.0347. The lowest BCUT2D eigenvalue weighted by Crippen LogP contribution is -2.23. The van der Waals surface area contributed by atoms with Gasteiger partial charge in [0.25, 0.3) is 0 Å². The zero-order valence-electron chi connectivity index (χ0n) is 8.02. The van der Waals surface area contributed by atoms with Crippen LogP contribution in [0.2, 0.25) is 5.15 Å². The van der Waals surface area contributed by atoms with Crippen LogP contribution in [0.4, 0.5) is 5.82 Å². The highest BCUT2D eigenvalue weighted by Gasteiger charge is 2.23. The summed E-state index contributed by atoms with van der Waals surface area (Å²) < 4.78 is 0. The van der Waals surface area contributed by atoms with E-state index in [2.05, 4.69) is 20.0 Å². The predicted molar refractivity (Wildman–Crippen MR) is 56.4 cm³/mol. The van der Waals surface area contributed by atoms with Gasteiger partial charge in [-0.15, -0.1) is 0 Å². The normalized spacial score (nSPS) is 13.9. The third kappa shape index (κ3) is 2.71. The van der Waals surface area contributed by atoms with Gasteiger partial charge in [0.2, 0.25) is 0 Å². The van der Waals surface area contributed by atoms with Gasteiger partial charge in [0.15, 0.2) is 0 Å². The van der Waals surface area contributed by atoms with Crippen LogP contribution in [-0.2, 0) is 0 Å². The number of halogens is 1. The minimum absolute atomic E-state index is 0.0183. The Bertz CT molecular complexity index is 401. The molecule has 0 aliphatic heterocycles. The van der Waals surface area contributed by atoms with Crippen molar-refractivity contribution in [3.63, 3.8) is 0 Å². The molecule has 0 amide bonds. The number of azide groups is 1. The number of aliphatic hydroxyl groups excluding tert-OH is 2. The van der Waals surface area contributed by atoms with Gasteiger partial charge in [-0.25, -0.2) is 9.97 Å². The molecule has 1 rings (SSSR count). The third-order valence-corrected chi connectivity index (χ3v) is 2.16. The van der Waals surface area contributed by atoms with Gasteiger partial charge in [0, 0.05) is 4.91 Å². The van der Waals surface area contributed by atoms with E-state index in [9.17, 15) is 10.2 Å². The molecule has 8 nitrogen and oxygen atoms in total. The van der Waals surface area contributed by atoms with E-state index in [1.165, 1.54) is 0 Å². The van der Waals surface area contributed by atoms with Crippen LogP contribution in [0.1, 0.15) is 11.7 Å². The highest BCUT2D eigenvalue weighted by Crippen LogP contribution is 2.27. The van der Waals surface area contributed by atoms with Crippen molar-refractivity contribution in [2.24, 2.45) is 5.11 Å². The van der Waals surface area contributed by atoms with E-state index >= 15 is 0 Å². The molecule has 0 fully saturated rings. The maximum absolute atomic E-state index is 9.70. The van der Waals surface area contributed by atoms with E-state index in [4.69, 9.17) is 22.9 Å². The van der Waals surface area contributed by atoms with Gasteiger partial charge in [0.05, 0.1) is 18.2 Å². The summed E-state index contributed by atoms with van der Waals surface area (Å²) >= 11 is 5.70. The van der Waals surface area contributed by atoms with Gasteiger partial charge in [0.1, 0.15) is 23.4 Å². The zero-order chi connectivity index (χ0) is 12.1. The molecular formula is C7H9ClN6O2. The molecule has 2 unspecified atom stereocenters. The molecular weight excluding hydrogens is 236 g/mol. The number of nitrogens with zero attached hydrogens (tertiary/aromatic N) is 5. The van der Waals surface area contributed by atoms with Crippen molar-refractivity contribution in [3.8, 4) is 0 Å². The third-order valence-electron chi connectivity index (χ3n) is 1.86. The molecule has 4 N–H and O–H groups in total. The van der Waals surface area contributed by atoms with Crippen LogP contribution in [0, 0.1) is 0 Å². The Morgan fingerprint density at radius 3 is 2.81 bits per heavy atom. The first-order valence-electron chi connectivity index (χ1n) is 4.20. The minimum Gasteiger partial charge on any atom is -0.390 e. The van der Waals surface area contributed by atoms with E-state index in [-0.39, 0.29) is 23.1 Å². The standard InChI is InChI=1S/C7H9ClN6O2/c8-6-4(7(9)12-2-11-6)5(16)3(15)1-13-14-10/h2-3,5,15-16H,1H2,(H2,9,11,12). The number of nitrogen functional groups attached to an aromatic ring is 1. The summed E-state index contributed by atoms with van der Waals surface area (Å²) in [5, 5.41) is 22.2. The lowest BCUT2D eigenvalue weighted by molar-refractivity contribution is 0.0245. The average molecular weight is 245 g/mol. The monoisotopic (exact) mass is 244 g/mol. The van der Waals surface area contributed by atoms with Crippen molar-refractivity contribution in [2.45, 2.75) is 12.2 Å². The van der Waals surface area contributed by atoms with Crippen molar-refractivity contribution in [3.05, 3.63) is 27.5 Å². The van der Waals surface area contributed by atoms with Gasteiger partial charge in [-0.05, 0) is 5.53 Å². The second-order valence-corrected chi connectivity index (χ2v) is 3.25. The molecule has 1 heterocycles. The van der Waals surface area contributed by atoms with Gasteiger partial charge in [-0.2, -0.15) is 0 Å². The molecule has 16 heavy (non-hydrogen) atoms. The van der Waals surface area contributed by atoms with Crippen molar-refractivity contribution in [1.82, 2.24) is 9.97 Å². The quantitative estimate of drug-likeness (QED) is 0.304. The molecule has 9 heteroatoms. The first-order chi connectivity index (χ1) is 7.57. The molecule has 0 radical (unpaired) electrons. The average Bonchev–Trinajstić information content (AvgIpc) is 2.25. The summed E-state index contributed by atoms with van der Waals surface area (Å²) in [4.78, 5) is 9.71. The molecule has 0 saturated heterocycles. The Morgan fingerprint density at radius 2 is 2.25 bits per heavy atom. The summed E-state index contributed by atoms with van der Waals surface area (Å²) in [6.45, 7) is -0.303. The lowest BCUT2D eigenvalue weighted by Gasteiger charge is -2.17. The zero-order valence-corrected chi connectivity index (χ0v) is 8.78. The fourth-order valence-corrected chi connectivity index (χ4v) is 1.32. The lowest BCUT2D eigenvalue weighted by atomic mass is 10.1. The van der Waals surface area contributed by atoms with E-state index in [0.29, 0.717) is 0 Å². The van der Waals surface area contributed by atoms with Crippen molar-refractivity contribution in [2.75, 3.05) is 12.3 Å². The topological polar surface area (TPSA) is 141 Å². The van der Waals surface area contributed by atoms with Crippen LogP contribution >= 0.6 is 11.6 Å². The van der Waals surface area contributed by atoms with Crippen LogP contribution in [0.25, 0.3) is 10.4 Å².